The zero-order valence-electron chi connectivity index (χ0n) is 57.2. The standard InChI is InChI=1S/C82H116N2O2S4/c1-7-11-15-19-23-27-31-35-39-43-47-67-77(74-50-49-61(5)87-74)89-80-68(48-44-40-36-32-28-24-20-16-12-8-2)78(90-79(67)80)75-52-51-73(88-75)76-70-58-64-56-65-59-71-69(62(6)83(81(71)85)53-45-41-37-33-29-25-21-17-13-9-3)57-63(65)55-66(64)60-72(70)82(86)84(76)54-46-42-38-34-30-26-22-18-14-10-4/h49-52,55-60H,7-48,53-54H2,1-6H3. The number of carbonyl (C=O) groups is 2. The van der Waals surface area contributed by atoms with Crippen molar-refractivity contribution in [2.24, 2.45) is 0 Å². The van der Waals surface area contributed by atoms with Gasteiger partial charge in [0.2, 0.25) is 0 Å². The van der Waals surface area contributed by atoms with Gasteiger partial charge in [0.1, 0.15) is 0 Å². The van der Waals surface area contributed by atoms with Gasteiger partial charge >= 0.3 is 0 Å². The lowest BCUT2D eigenvalue weighted by Gasteiger charge is -2.20. The van der Waals surface area contributed by atoms with Crippen LogP contribution in [0.4, 0.5) is 0 Å². The smallest absolute Gasteiger partial charge is 0.259 e. The van der Waals surface area contributed by atoms with Crippen molar-refractivity contribution in [1.29, 1.82) is 0 Å². The third kappa shape index (κ3) is 19.1. The number of nitrogens with zero attached hydrogens (tertiary/aromatic N) is 2. The van der Waals surface area contributed by atoms with E-state index in [9.17, 15) is 4.79 Å². The quantitative estimate of drug-likeness (QED) is 0.0282. The van der Waals surface area contributed by atoms with Gasteiger partial charge in [-0.25, -0.2) is 0 Å². The highest BCUT2D eigenvalue weighted by Gasteiger charge is 2.33. The molecule has 0 aliphatic carbocycles. The maximum absolute atomic E-state index is 15.2. The Hall–Kier alpha value is -4.08. The maximum atomic E-state index is 15.2. The molecule has 3 aromatic carbocycles. The summed E-state index contributed by atoms with van der Waals surface area (Å²) < 4.78 is 3.09. The number of hydrogen-bond acceptors (Lipinski definition) is 6. The number of carbonyl (C=O) groups excluding carboxylic acids is 2. The molecule has 4 aromatic heterocycles. The molecule has 90 heavy (non-hydrogen) atoms. The van der Waals surface area contributed by atoms with E-state index >= 15 is 4.79 Å². The van der Waals surface area contributed by atoms with Crippen LogP contribution >= 0.6 is 45.3 Å². The van der Waals surface area contributed by atoms with Crippen LogP contribution in [0.15, 0.2) is 60.7 Å². The predicted octanol–water partition coefficient (Wildman–Crippen LogP) is 26.0. The molecule has 8 heteroatoms. The van der Waals surface area contributed by atoms with Crippen LogP contribution < -0.4 is 10.4 Å². The van der Waals surface area contributed by atoms with Gasteiger partial charge < -0.3 is 9.80 Å². The van der Waals surface area contributed by atoms with Crippen molar-refractivity contribution >= 4 is 99.5 Å². The first-order chi connectivity index (χ1) is 44.2. The first kappa shape index (κ1) is 70.2. The SMILES string of the molecule is CCCCCCCCCCCCc1c(-c2ccc(C)s2)sc2c(CCCCCCCCCCCC)c(-c3ccc(C4=c5cc6cc7cc8c(cc7cc6cc5C(=O)N4CCCCCCCCCCCC)=C(C)N(CCCCCCCCCCCC)C8=O)s3)sc12. The van der Waals surface area contributed by atoms with Gasteiger partial charge in [-0.3, -0.25) is 9.59 Å². The molecule has 0 radical (unpaired) electrons. The Kier molecular flexibility index (Phi) is 29.4. The average molecular weight is 1290 g/mol. The van der Waals surface area contributed by atoms with Gasteiger partial charge in [0.25, 0.3) is 11.8 Å². The van der Waals surface area contributed by atoms with Crippen LogP contribution in [-0.2, 0) is 12.8 Å². The zero-order chi connectivity index (χ0) is 62.9. The van der Waals surface area contributed by atoms with E-state index in [-0.39, 0.29) is 11.8 Å². The van der Waals surface area contributed by atoms with E-state index in [1.165, 1.54) is 267 Å². The van der Waals surface area contributed by atoms with Crippen molar-refractivity contribution in [3.8, 4) is 19.5 Å². The Morgan fingerprint density at radius 1 is 0.322 bits per heavy atom. The summed E-state index contributed by atoms with van der Waals surface area (Å²) in [5, 5.41) is 6.55. The molecule has 2 amide bonds. The van der Waals surface area contributed by atoms with E-state index in [0.29, 0.717) is 0 Å². The first-order valence-electron chi connectivity index (χ1n) is 37.4. The van der Waals surface area contributed by atoms with Crippen LogP contribution in [0.25, 0.3) is 61.8 Å². The molecule has 2 aliphatic rings. The molecular formula is C82H116N2O2S4. The lowest BCUT2D eigenvalue weighted by molar-refractivity contribution is 0.0835. The van der Waals surface area contributed by atoms with Gasteiger partial charge in [-0.05, 0) is 146 Å². The summed E-state index contributed by atoms with van der Waals surface area (Å²) in [4.78, 5) is 42.0. The Morgan fingerprint density at radius 2 is 0.656 bits per heavy atom. The minimum atomic E-state index is 0.144. The molecule has 0 N–H and O–H groups in total. The molecule has 4 nitrogen and oxygen atoms in total. The van der Waals surface area contributed by atoms with E-state index in [2.05, 4.69) is 130 Å². The molecule has 0 atom stereocenters. The second-order valence-electron chi connectivity index (χ2n) is 27.5. The topological polar surface area (TPSA) is 40.6 Å². The zero-order valence-corrected chi connectivity index (χ0v) is 60.5. The minimum absolute atomic E-state index is 0.144. The largest absolute Gasteiger partial charge is 0.312 e. The first-order valence-corrected chi connectivity index (χ1v) is 40.7. The molecule has 6 heterocycles. The highest BCUT2D eigenvalue weighted by molar-refractivity contribution is 7.34. The normalized spacial score (nSPS) is 13.4. The van der Waals surface area contributed by atoms with Crippen LogP contribution in [0.2, 0.25) is 0 Å². The van der Waals surface area contributed by atoms with Crippen LogP contribution in [-0.4, -0.2) is 34.7 Å². The van der Waals surface area contributed by atoms with Crippen molar-refractivity contribution in [3.63, 3.8) is 0 Å². The third-order valence-electron chi connectivity index (χ3n) is 20.1. The number of fused-ring (bicyclic) bond motifs is 5. The molecular weight excluding hydrogens is 1170 g/mol. The van der Waals surface area contributed by atoms with Crippen molar-refractivity contribution in [2.45, 2.75) is 311 Å². The molecule has 0 unspecified atom stereocenters. The van der Waals surface area contributed by atoms with Gasteiger partial charge in [-0.15, -0.1) is 45.3 Å². The summed E-state index contributed by atoms with van der Waals surface area (Å²) in [6.07, 6.45) is 54.8. The number of aryl methyl sites for hydroxylation is 3. The van der Waals surface area contributed by atoms with Crippen LogP contribution in [0.1, 0.15) is 333 Å². The monoisotopic (exact) mass is 1290 g/mol. The Labute approximate surface area is 561 Å². The summed E-state index contributed by atoms with van der Waals surface area (Å²) in [5.74, 6) is 0.290. The molecule has 0 bridgehead atoms. The fourth-order valence-electron chi connectivity index (χ4n) is 14.6. The van der Waals surface area contributed by atoms with E-state index in [1.807, 2.05) is 27.6 Å². The Bertz CT molecular complexity index is 3480. The number of unbranched alkanes of at least 4 members (excludes halogenated alkanes) is 36. The molecule has 9 rings (SSSR count). The number of hydrogen-bond donors (Lipinski definition) is 0. The van der Waals surface area contributed by atoms with Gasteiger partial charge in [0.15, 0.2) is 0 Å². The summed E-state index contributed by atoms with van der Waals surface area (Å²) in [5.41, 5.74) is 6.99. The summed E-state index contributed by atoms with van der Waals surface area (Å²) in [6, 6.07) is 23.0. The fraction of sp³-hybridized carbons (Fsp3) is 0.610. The van der Waals surface area contributed by atoms with Gasteiger partial charge in [-0.2, -0.15) is 0 Å². The molecule has 2 aliphatic heterocycles. The predicted molar refractivity (Wildman–Crippen MR) is 400 cm³/mol. The second kappa shape index (κ2) is 37.7. The highest BCUT2D eigenvalue weighted by atomic mass is 32.1. The molecule has 0 saturated heterocycles. The second-order valence-corrected chi connectivity index (χ2v) is 31.9. The minimum Gasteiger partial charge on any atom is -0.312 e. The lowest BCUT2D eigenvalue weighted by Crippen LogP contribution is -2.26. The number of benzene rings is 3. The van der Waals surface area contributed by atoms with E-state index < -0.39 is 0 Å². The summed E-state index contributed by atoms with van der Waals surface area (Å²) in [7, 11) is 0. The van der Waals surface area contributed by atoms with Crippen molar-refractivity contribution < 1.29 is 9.59 Å². The average Bonchev–Trinajstić information content (AvgIpc) is 1.59. The van der Waals surface area contributed by atoms with E-state index in [4.69, 9.17) is 0 Å². The van der Waals surface area contributed by atoms with E-state index in [0.717, 1.165) is 99.7 Å². The number of thiophene rings is 4. The summed E-state index contributed by atoms with van der Waals surface area (Å²) in [6.45, 7) is 15.1. The Morgan fingerprint density at radius 3 is 1.08 bits per heavy atom. The third-order valence-corrected chi connectivity index (χ3v) is 25.3. The highest BCUT2D eigenvalue weighted by Crippen LogP contribution is 2.52. The molecule has 0 spiro atoms. The summed E-state index contributed by atoms with van der Waals surface area (Å²) >= 11 is 8.09. The van der Waals surface area contributed by atoms with Crippen molar-refractivity contribution in [1.82, 2.24) is 9.80 Å². The lowest BCUT2D eigenvalue weighted by atomic mass is 9.98. The maximum Gasteiger partial charge on any atom is 0.259 e. The van der Waals surface area contributed by atoms with Gasteiger partial charge in [-0.1, -0.05) is 259 Å². The molecule has 7 aromatic rings. The van der Waals surface area contributed by atoms with Crippen LogP contribution in [0.3, 0.4) is 0 Å². The fourth-order valence-corrected chi connectivity index (χ4v) is 19.9. The molecule has 0 fully saturated rings. The number of rotatable bonds is 47. The molecule has 0 saturated carbocycles. The van der Waals surface area contributed by atoms with Crippen molar-refractivity contribution in [2.75, 3.05) is 13.1 Å². The van der Waals surface area contributed by atoms with Crippen LogP contribution in [0.5, 0.6) is 0 Å². The van der Waals surface area contributed by atoms with Gasteiger partial charge in [0.05, 0.1) is 10.6 Å². The van der Waals surface area contributed by atoms with E-state index in [1.54, 1.807) is 20.5 Å². The van der Waals surface area contributed by atoms with Crippen molar-refractivity contribution in [3.05, 3.63) is 103 Å². The number of amides is 2. The van der Waals surface area contributed by atoms with Gasteiger partial charge in [0, 0.05) is 74.1 Å². The molecule has 490 valence electrons. The van der Waals surface area contributed by atoms with Crippen LogP contribution in [0, 0.1) is 6.92 Å². The Balaban J connectivity index is 1.01.